The zero-order valence-corrected chi connectivity index (χ0v) is 15.6. The number of nitrogens with zero attached hydrogens (tertiary/aromatic N) is 4. The van der Waals surface area contributed by atoms with Crippen LogP contribution in [0.5, 0.6) is 0 Å². The lowest BCUT2D eigenvalue weighted by molar-refractivity contribution is -0.134. The van der Waals surface area contributed by atoms with Crippen LogP contribution in [0.4, 0.5) is 5.69 Å². The fraction of sp³-hybridized carbons (Fsp3) is 0.556. The van der Waals surface area contributed by atoms with Gasteiger partial charge in [-0.2, -0.15) is 0 Å². The van der Waals surface area contributed by atoms with Crippen molar-refractivity contribution in [2.75, 3.05) is 6.54 Å². The largest absolute Gasteiger partial charge is 0.384 e. The Hall–Kier alpha value is -1.95. The van der Waals surface area contributed by atoms with Gasteiger partial charge < -0.3 is 10.6 Å². The summed E-state index contributed by atoms with van der Waals surface area (Å²) in [5.41, 5.74) is 6.72. The molecule has 2 unspecified atom stereocenters. The Morgan fingerprint density at radius 2 is 2.24 bits per heavy atom. The molecule has 1 aliphatic rings. The normalized spacial score (nSPS) is 20.0. The number of halogens is 1. The molecule has 136 valence electrons. The fourth-order valence-corrected chi connectivity index (χ4v) is 3.01. The van der Waals surface area contributed by atoms with Gasteiger partial charge in [0, 0.05) is 18.0 Å². The molecule has 1 amide bonds. The van der Waals surface area contributed by atoms with E-state index in [-0.39, 0.29) is 11.9 Å². The zero-order chi connectivity index (χ0) is 18.2. The Morgan fingerprint density at radius 3 is 2.96 bits per heavy atom. The third-order valence-electron chi connectivity index (χ3n) is 4.51. The summed E-state index contributed by atoms with van der Waals surface area (Å²) < 4.78 is 0. The Balaban J connectivity index is 2.06. The smallest absolute Gasteiger partial charge is 0.223 e. The Morgan fingerprint density at radius 1 is 1.44 bits per heavy atom. The summed E-state index contributed by atoms with van der Waals surface area (Å²) in [6.07, 6.45) is 4.37. The maximum absolute atomic E-state index is 12.6. The molecular formula is C18H26ClN5O. The van der Waals surface area contributed by atoms with Gasteiger partial charge in [-0.05, 0) is 48.6 Å². The minimum absolute atomic E-state index is 0.143. The first kappa shape index (κ1) is 19.4. The van der Waals surface area contributed by atoms with Crippen LogP contribution in [0, 0.1) is 5.92 Å². The van der Waals surface area contributed by atoms with Gasteiger partial charge in [0.25, 0.3) is 0 Å². The Kier molecular flexibility index (Phi) is 7.37. The van der Waals surface area contributed by atoms with E-state index in [1.807, 2.05) is 4.90 Å². The topological polar surface area (TPSA) is 83.4 Å². The van der Waals surface area contributed by atoms with E-state index >= 15 is 0 Å². The number of amidine groups is 1. The minimum Gasteiger partial charge on any atom is -0.384 e. The lowest BCUT2D eigenvalue weighted by Gasteiger charge is -2.35. The number of rotatable bonds is 6. The first-order valence-corrected chi connectivity index (χ1v) is 9.18. The van der Waals surface area contributed by atoms with E-state index in [4.69, 9.17) is 17.3 Å². The van der Waals surface area contributed by atoms with E-state index in [2.05, 4.69) is 29.3 Å². The van der Waals surface area contributed by atoms with Crippen LogP contribution in [0.25, 0.3) is 0 Å². The van der Waals surface area contributed by atoms with Crippen LogP contribution in [0.1, 0.15) is 46.0 Å². The highest BCUT2D eigenvalue weighted by Crippen LogP contribution is 2.21. The summed E-state index contributed by atoms with van der Waals surface area (Å²) in [6, 6.07) is 6.84. The second-order valence-corrected chi connectivity index (χ2v) is 6.95. The molecule has 25 heavy (non-hydrogen) atoms. The van der Waals surface area contributed by atoms with Crippen molar-refractivity contribution in [3.8, 4) is 0 Å². The van der Waals surface area contributed by atoms with Crippen molar-refractivity contribution in [3.05, 3.63) is 29.3 Å². The molecule has 1 aromatic carbocycles. The van der Waals surface area contributed by atoms with Crippen LogP contribution >= 0.6 is 11.6 Å². The number of benzene rings is 1. The van der Waals surface area contributed by atoms with Crippen LogP contribution in [-0.2, 0) is 4.79 Å². The molecule has 0 bridgehead atoms. The molecule has 1 heterocycles. The van der Waals surface area contributed by atoms with Crippen LogP contribution in [0.15, 0.2) is 39.7 Å². The molecule has 6 nitrogen and oxygen atoms in total. The second-order valence-electron chi connectivity index (χ2n) is 6.51. The third-order valence-corrected chi connectivity index (χ3v) is 4.75. The van der Waals surface area contributed by atoms with Gasteiger partial charge in [0.05, 0.1) is 11.7 Å². The maximum atomic E-state index is 12.6. The van der Waals surface area contributed by atoms with Crippen molar-refractivity contribution in [3.63, 3.8) is 0 Å². The van der Waals surface area contributed by atoms with Gasteiger partial charge >= 0.3 is 0 Å². The molecule has 1 aliphatic heterocycles. The second kappa shape index (κ2) is 9.51. The predicted molar refractivity (Wildman–Crippen MR) is 101 cm³/mol. The highest BCUT2D eigenvalue weighted by molar-refractivity contribution is 6.30. The van der Waals surface area contributed by atoms with Gasteiger partial charge in [0.15, 0.2) is 0 Å². The van der Waals surface area contributed by atoms with Gasteiger partial charge in [-0.25, -0.2) is 0 Å². The minimum atomic E-state index is -0.191. The molecule has 2 atom stereocenters. The van der Waals surface area contributed by atoms with E-state index in [0.29, 0.717) is 28.9 Å². The predicted octanol–water partition coefficient (Wildman–Crippen LogP) is 4.51. The summed E-state index contributed by atoms with van der Waals surface area (Å²) >= 11 is 5.91. The summed E-state index contributed by atoms with van der Waals surface area (Å²) in [5.74, 6) is 0.850. The van der Waals surface area contributed by atoms with Crippen molar-refractivity contribution in [1.82, 2.24) is 4.90 Å². The number of nitrogens with two attached hydrogens (primary N) is 1. The van der Waals surface area contributed by atoms with Crippen molar-refractivity contribution < 1.29 is 4.79 Å². The molecule has 7 heteroatoms. The molecule has 0 aliphatic carbocycles. The van der Waals surface area contributed by atoms with Gasteiger partial charge in [-0.15, -0.1) is 10.2 Å². The van der Waals surface area contributed by atoms with E-state index in [1.54, 1.807) is 24.3 Å². The molecule has 0 aromatic heterocycles. The van der Waals surface area contributed by atoms with Crippen LogP contribution in [0.2, 0.25) is 5.02 Å². The third kappa shape index (κ3) is 5.81. The summed E-state index contributed by atoms with van der Waals surface area (Å²) in [7, 11) is 0. The Labute approximate surface area is 154 Å². The summed E-state index contributed by atoms with van der Waals surface area (Å²) in [6.45, 7) is 4.91. The maximum Gasteiger partial charge on any atom is 0.223 e. The molecule has 2 N–H and O–H groups in total. The highest BCUT2D eigenvalue weighted by atomic mass is 35.5. The number of carbonyl (C=O) groups is 1. The zero-order valence-electron chi connectivity index (χ0n) is 14.9. The first-order valence-electron chi connectivity index (χ1n) is 8.80. The molecule has 1 fully saturated rings. The number of hydrogen-bond donors (Lipinski definition) is 1. The van der Waals surface area contributed by atoms with E-state index in [9.17, 15) is 4.79 Å². The van der Waals surface area contributed by atoms with Gasteiger partial charge in [0.1, 0.15) is 5.84 Å². The quantitative estimate of drug-likeness (QED) is 0.349. The lowest BCUT2D eigenvalue weighted by atomic mass is 9.98. The van der Waals surface area contributed by atoms with Gasteiger partial charge in [-0.3, -0.25) is 4.79 Å². The van der Waals surface area contributed by atoms with Crippen LogP contribution in [0.3, 0.4) is 0 Å². The number of piperidine rings is 1. The van der Waals surface area contributed by atoms with Crippen molar-refractivity contribution in [1.29, 1.82) is 0 Å². The van der Waals surface area contributed by atoms with Crippen LogP contribution in [-0.4, -0.2) is 29.2 Å². The molecule has 1 aromatic rings. The molecule has 0 radical (unpaired) electrons. The van der Waals surface area contributed by atoms with E-state index in [0.717, 1.165) is 32.2 Å². The SMILES string of the molecule is CCC(C)CC(=O)N1CCCCC1C(N)=NN=Nc1cccc(Cl)c1. The molecule has 0 saturated carbocycles. The Bertz CT molecular complexity index is 646. The number of likely N-dealkylation sites (tertiary alicyclic amines) is 1. The highest BCUT2D eigenvalue weighted by Gasteiger charge is 2.29. The van der Waals surface area contributed by atoms with Gasteiger partial charge in [0.2, 0.25) is 5.91 Å². The average molecular weight is 364 g/mol. The number of hydrogen-bond acceptors (Lipinski definition) is 3. The average Bonchev–Trinajstić information content (AvgIpc) is 2.61. The van der Waals surface area contributed by atoms with Crippen molar-refractivity contribution in [2.45, 2.75) is 52.0 Å². The molecule has 2 rings (SSSR count). The van der Waals surface area contributed by atoms with E-state index in [1.165, 1.54) is 0 Å². The fourth-order valence-electron chi connectivity index (χ4n) is 2.83. The number of amides is 1. The monoisotopic (exact) mass is 363 g/mol. The number of carbonyl (C=O) groups excluding carboxylic acids is 1. The summed E-state index contributed by atoms with van der Waals surface area (Å²) in [5, 5.41) is 12.4. The molecule has 0 spiro atoms. The standard InChI is InChI=1S/C18H26ClN5O/c1-3-13(2)11-17(25)24-10-5-4-9-16(24)18(20)22-23-21-15-8-6-7-14(19)12-15/h6-8,12-13,16H,3-5,9-11H2,1-2H3,(H2,20,21,22). The van der Waals surface area contributed by atoms with E-state index < -0.39 is 0 Å². The summed E-state index contributed by atoms with van der Waals surface area (Å²) in [4.78, 5) is 14.4. The molecular weight excluding hydrogens is 338 g/mol. The van der Waals surface area contributed by atoms with Crippen LogP contribution < -0.4 is 5.73 Å². The van der Waals surface area contributed by atoms with Gasteiger partial charge in [-0.1, -0.05) is 37.9 Å². The molecule has 1 saturated heterocycles. The van der Waals surface area contributed by atoms with Crippen molar-refractivity contribution >= 4 is 29.0 Å². The first-order chi connectivity index (χ1) is 12.0. The van der Waals surface area contributed by atoms with Crippen molar-refractivity contribution in [2.24, 2.45) is 27.1 Å². The lowest BCUT2D eigenvalue weighted by Crippen LogP contribution is -2.50.